The van der Waals surface area contributed by atoms with Gasteiger partial charge in [-0.2, -0.15) is 13.2 Å². The van der Waals surface area contributed by atoms with E-state index in [0.29, 0.717) is 19.5 Å². The van der Waals surface area contributed by atoms with Crippen molar-refractivity contribution in [2.45, 2.75) is 51.2 Å². The van der Waals surface area contributed by atoms with Gasteiger partial charge in [0.2, 0.25) is 5.91 Å². The zero-order valence-electron chi connectivity index (χ0n) is 10.6. The summed E-state index contributed by atoms with van der Waals surface area (Å²) in [6.45, 7) is 3.00. The summed E-state index contributed by atoms with van der Waals surface area (Å²) in [6.07, 6.45) is -2.18. The minimum atomic E-state index is -4.06. The van der Waals surface area contributed by atoms with Gasteiger partial charge in [-0.25, -0.2) is 0 Å². The number of hydrogen-bond acceptors (Lipinski definition) is 2. The fourth-order valence-corrected chi connectivity index (χ4v) is 1.70. The van der Waals surface area contributed by atoms with Crippen LogP contribution in [0, 0.1) is 5.92 Å². The Kier molecular flexibility index (Phi) is 5.91. The fraction of sp³-hybridized carbons (Fsp3) is 0.917. The predicted molar refractivity (Wildman–Crippen MR) is 63.1 cm³/mol. The van der Waals surface area contributed by atoms with Crippen LogP contribution in [-0.2, 0) is 4.79 Å². The molecule has 1 rings (SSSR count). The first-order valence-electron chi connectivity index (χ1n) is 6.46. The minimum absolute atomic E-state index is 0.0465. The monoisotopic (exact) mass is 266 g/mol. The Morgan fingerprint density at radius 1 is 1.33 bits per heavy atom. The number of hydrogen-bond donors (Lipinski definition) is 2. The fourth-order valence-electron chi connectivity index (χ4n) is 1.70. The Balaban J connectivity index is 1.92. The molecule has 0 aliphatic heterocycles. The highest BCUT2D eigenvalue weighted by Gasteiger charge is 2.29. The van der Waals surface area contributed by atoms with Gasteiger partial charge in [-0.15, -0.1) is 0 Å². The maximum atomic E-state index is 11.9. The summed E-state index contributed by atoms with van der Waals surface area (Å²) in [5, 5.41) is 5.90. The van der Waals surface area contributed by atoms with Crippen molar-refractivity contribution in [3.63, 3.8) is 0 Å². The summed E-state index contributed by atoms with van der Waals surface area (Å²) in [7, 11) is 0. The average molecular weight is 266 g/mol. The van der Waals surface area contributed by atoms with Crippen molar-refractivity contribution in [2.24, 2.45) is 5.92 Å². The molecule has 0 heterocycles. The van der Waals surface area contributed by atoms with E-state index in [1.807, 2.05) is 6.92 Å². The lowest BCUT2D eigenvalue weighted by atomic mass is 10.1. The quantitative estimate of drug-likeness (QED) is 0.661. The van der Waals surface area contributed by atoms with E-state index in [0.717, 1.165) is 12.8 Å². The molecule has 0 aromatic carbocycles. The second-order valence-corrected chi connectivity index (χ2v) is 4.93. The van der Waals surface area contributed by atoms with Crippen molar-refractivity contribution < 1.29 is 18.0 Å². The van der Waals surface area contributed by atoms with E-state index < -0.39 is 12.6 Å². The van der Waals surface area contributed by atoms with Gasteiger partial charge in [0.05, 0.1) is 0 Å². The molecule has 2 N–H and O–H groups in total. The lowest BCUT2D eigenvalue weighted by Gasteiger charge is -2.14. The maximum absolute atomic E-state index is 11.9. The molecule has 106 valence electrons. The zero-order valence-corrected chi connectivity index (χ0v) is 10.6. The number of carbonyl (C=O) groups is 1. The summed E-state index contributed by atoms with van der Waals surface area (Å²) < 4.78 is 35.7. The van der Waals surface area contributed by atoms with Gasteiger partial charge in [0.15, 0.2) is 0 Å². The molecule has 0 aromatic rings. The molecule has 0 bridgehead atoms. The van der Waals surface area contributed by atoms with Crippen LogP contribution in [0.25, 0.3) is 0 Å². The van der Waals surface area contributed by atoms with E-state index >= 15 is 0 Å². The molecular formula is C12H21F3N2O. The number of nitrogens with one attached hydrogen (secondary N) is 2. The van der Waals surface area contributed by atoms with Gasteiger partial charge >= 0.3 is 6.18 Å². The van der Waals surface area contributed by atoms with Crippen LogP contribution in [0.15, 0.2) is 0 Å². The van der Waals surface area contributed by atoms with Crippen molar-refractivity contribution in [3.8, 4) is 0 Å². The van der Waals surface area contributed by atoms with Gasteiger partial charge in [-0.1, -0.05) is 0 Å². The molecule has 0 aromatic heterocycles. The molecule has 6 heteroatoms. The summed E-state index contributed by atoms with van der Waals surface area (Å²) in [6, 6.07) is 0.0465. The van der Waals surface area contributed by atoms with Gasteiger partial charge < -0.3 is 10.6 Å². The standard InChI is InChI=1S/C12H21F3N2O/c1-9(3-2-6-12(13,14)15)16-7-8-17-11(18)10-4-5-10/h9-10,16H,2-8H2,1H3,(H,17,18). The molecular weight excluding hydrogens is 245 g/mol. The van der Waals surface area contributed by atoms with Crippen molar-refractivity contribution in [1.82, 2.24) is 10.6 Å². The molecule has 18 heavy (non-hydrogen) atoms. The molecule has 1 unspecified atom stereocenters. The molecule has 1 amide bonds. The van der Waals surface area contributed by atoms with Gasteiger partial charge in [-0.3, -0.25) is 4.79 Å². The topological polar surface area (TPSA) is 41.1 Å². The molecule has 1 aliphatic carbocycles. The number of rotatable bonds is 8. The largest absolute Gasteiger partial charge is 0.389 e. The van der Waals surface area contributed by atoms with Crippen LogP contribution in [0.3, 0.4) is 0 Å². The third-order valence-electron chi connectivity index (χ3n) is 2.96. The van der Waals surface area contributed by atoms with Crippen LogP contribution in [-0.4, -0.2) is 31.2 Å². The van der Waals surface area contributed by atoms with Gasteiger partial charge in [0.25, 0.3) is 0 Å². The predicted octanol–water partition coefficient (Wildman–Crippen LogP) is 2.22. The number of alkyl halides is 3. The van der Waals surface area contributed by atoms with E-state index in [9.17, 15) is 18.0 Å². The van der Waals surface area contributed by atoms with Crippen molar-refractivity contribution in [1.29, 1.82) is 0 Å². The van der Waals surface area contributed by atoms with Crippen LogP contribution in [0.5, 0.6) is 0 Å². The van der Waals surface area contributed by atoms with Gasteiger partial charge in [0, 0.05) is 31.5 Å². The zero-order chi connectivity index (χ0) is 13.6. The average Bonchev–Trinajstić information content (AvgIpc) is 3.05. The van der Waals surface area contributed by atoms with E-state index in [4.69, 9.17) is 0 Å². The second kappa shape index (κ2) is 6.97. The second-order valence-electron chi connectivity index (χ2n) is 4.93. The Hall–Kier alpha value is -0.780. The third kappa shape index (κ3) is 7.53. The summed E-state index contributed by atoms with van der Waals surface area (Å²) in [5.41, 5.74) is 0. The third-order valence-corrected chi connectivity index (χ3v) is 2.96. The Bertz CT molecular complexity index is 265. The maximum Gasteiger partial charge on any atom is 0.389 e. The Morgan fingerprint density at radius 3 is 2.56 bits per heavy atom. The first-order valence-corrected chi connectivity index (χ1v) is 6.46. The highest BCUT2D eigenvalue weighted by Crippen LogP contribution is 2.28. The van der Waals surface area contributed by atoms with Crippen LogP contribution in [0.1, 0.15) is 39.0 Å². The number of halogens is 3. The molecule has 0 spiro atoms. The molecule has 0 radical (unpaired) electrons. The van der Waals surface area contributed by atoms with E-state index in [1.165, 1.54) is 0 Å². The minimum Gasteiger partial charge on any atom is -0.355 e. The summed E-state index contributed by atoms with van der Waals surface area (Å²) in [4.78, 5) is 11.3. The number of amides is 1. The van der Waals surface area contributed by atoms with Crippen LogP contribution in [0.4, 0.5) is 13.2 Å². The van der Waals surface area contributed by atoms with Gasteiger partial charge in [-0.05, 0) is 32.6 Å². The van der Waals surface area contributed by atoms with Crippen LogP contribution < -0.4 is 10.6 Å². The SMILES string of the molecule is CC(CCCC(F)(F)F)NCCNC(=O)C1CC1. The first kappa shape index (κ1) is 15.3. The molecule has 0 saturated heterocycles. The highest BCUT2D eigenvalue weighted by molar-refractivity contribution is 5.80. The molecule has 1 atom stereocenters. The van der Waals surface area contributed by atoms with Crippen LogP contribution in [0.2, 0.25) is 0 Å². The lowest BCUT2D eigenvalue weighted by Crippen LogP contribution is -2.36. The van der Waals surface area contributed by atoms with E-state index in [-0.39, 0.29) is 24.3 Å². The first-order chi connectivity index (χ1) is 8.38. The summed E-state index contributed by atoms with van der Waals surface area (Å²) in [5.74, 6) is 0.302. The normalized spacial score (nSPS) is 17.6. The number of carbonyl (C=O) groups excluding carboxylic acids is 1. The molecule has 1 fully saturated rings. The summed E-state index contributed by atoms with van der Waals surface area (Å²) >= 11 is 0. The Morgan fingerprint density at radius 2 is 2.00 bits per heavy atom. The van der Waals surface area contributed by atoms with Crippen molar-refractivity contribution in [3.05, 3.63) is 0 Å². The molecule has 1 saturated carbocycles. The van der Waals surface area contributed by atoms with Crippen molar-refractivity contribution in [2.75, 3.05) is 13.1 Å². The molecule has 3 nitrogen and oxygen atoms in total. The smallest absolute Gasteiger partial charge is 0.355 e. The van der Waals surface area contributed by atoms with E-state index in [1.54, 1.807) is 0 Å². The van der Waals surface area contributed by atoms with E-state index in [2.05, 4.69) is 10.6 Å². The Labute approximate surface area is 106 Å². The lowest BCUT2D eigenvalue weighted by molar-refractivity contribution is -0.135. The van der Waals surface area contributed by atoms with Crippen molar-refractivity contribution >= 4 is 5.91 Å². The van der Waals surface area contributed by atoms with Crippen LogP contribution >= 0.6 is 0 Å². The van der Waals surface area contributed by atoms with Gasteiger partial charge in [0.1, 0.15) is 0 Å². The molecule has 1 aliphatic rings. The highest BCUT2D eigenvalue weighted by atomic mass is 19.4.